The fourth-order valence-electron chi connectivity index (χ4n) is 3.21. The maximum atomic E-state index is 6.22. The van der Waals surface area contributed by atoms with Gasteiger partial charge in [-0.3, -0.25) is 4.90 Å². The summed E-state index contributed by atoms with van der Waals surface area (Å²) in [7, 11) is 4.08. The van der Waals surface area contributed by atoms with Crippen molar-refractivity contribution in [1.29, 1.82) is 0 Å². The van der Waals surface area contributed by atoms with E-state index in [1.54, 1.807) is 0 Å². The van der Waals surface area contributed by atoms with E-state index >= 15 is 0 Å². The number of ether oxygens (including phenoxy) is 1. The van der Waals surface area contributed by atoms with Gasteiger partial charge in [-0.05, 0) is 26.0 Å². The number of aromatic nitrogens is 1. The first-order chi connectivity index (χ1) is 10.9. The van der Waals surface area contributed by atoms with Crippen molar-refractivity contribution in [2.75, 3.05) is 25.5 Å². The van der Waals surface area contributed by atoms with E-state index < -0.39 is 0 Å². The molecule has 122 valence electrons. The van der Waals surface area contributed by atoms with Crippen LogP contribution in [0, 0.1) is 0 Å². The van der Waals surface area contributed by atoms with Crippen molar-refractivity contribution in [3.8, 4) is 5.75 Å². The normalized spacial score (nSPS) is 17.0. The minimum absolute atomic E-state index is 0.215. The van der Waals surface area contributed by atoms with Crippen molar-refractivity contribution in [3.05, 3.63) is 53.7 Å². The van der Waals surface area contributed by atoms with Gasteiger partial charge in [0.25, 0.3) is 0 Å². The van der Waals surface area contributed by atoms with Crippen LogP contribution in [-0.2, 0) is 13.1 Å². The number of pyridine rings is 1. The number of fused-ring (bicyclic) bond motifs is 1. The summed E-state index contributed by atoms with van der Waals surface area (Å²) in [4.78, 5) is 9.03. The smallest absolute Gasteiger partial charge is 0.132 e. The highest BCUT2D eigenvalue weighted by Gasteiger charge is 2.29. The number of rotatable bonds is 3. The quantitative estimate of drug-likeness (QED) is 0.869. The van der Waals surface area contributed by atoms with Gasteiger partial charge in [-0.15, -0.1) is 0 Å². The van der Waals surface area contributed by atoms with Crippen LogP contribution in [0.15, 0.2) is 42.6 Å². The molecule has 4 nitrogen and oxygen atoms in total. The summed E-state index contributed by atoms with van der Waals surface area (Å²) in [6, 6.07) is 12.5. The van der Waals surface area contributed by atoms with Crippen LogP contribution in [0.5, 0.6) is 5.75 Å². The first kappa shape index (κ1) is 15.8. The molecule has 1 aliphatic rings. The topological polar surface area (TPSA) is 28.6 Å². The lowest BCUT2D eigenvalue weighted by Gasteiger charge is -2.30. The molecule has 0 saturated carbocycles. The van der Waals surface area contributed by atoms with E-state index in [1.165, 1.54) is 11.1 Å². The number of benzene rings is 1. The van der Waals surface area contributed by atoms with Gasteiger partial charge in [-0.1, -0.05) is 24.3 Å². The molecule has 0 radical (unpaired) electrons. The first-order valence-electron chi connectivity index (χ1n) is 8.05. The standard InChI is InChI=1S/C19H25N3O/c1-19(2)14-22(12-15-8-5-6-10-17(15)23-19)13-16-9-7-11-20-18(16)21(3)4/h5-11H,12-14H2,1-4H3. The molecule has 1 aliphatic heterocycles. The van der Waals surface area contributed by atoms with Gasteiger partial charge in [0.2, 0.25) is 0 Å². The molecule has 3 rings (SSSR count). The Morgan fingerprint density at radius 3 is 2.74 bits per heavy atom. The lowest BCUT2D eigenvalue weighted by Crippen LogP contribution is -2.40. The molecule has 0 N–H and O–H groups in total. The van der Waals surface area contributed by atoms with Gasteiger partial charge in [0.1, 0.15) is 17.2 Å². The molecule has 0 amide bonds. The summed E-state index contributed by atoms with van der Waals surface area (Å²) < 4.78 is 6.22. The maximum absolute atomic E-state index is 6.22. The van der Waals surface area contributed by atoms with Crippen molar-refractivity contribution >= 4 is 5.82 Å². The summed E-state index contributed by atoms with van der Waals surface area (Å²) in [5, 5.41) is 0. The van der Waals surface area contributed by atoms with Crippen LogP contribution in [0.25, 0.3) is 0 Å². The lowest BCUT2D eigenvalue weighted by atomic mass is 10.1. The summed E-state index contributed by atoms with van der Waals surface area (Å²) in [6.07, 6.45) is 1.85. The average molecular weight is 311 g/mol. The van der Waals surface area contributed by atoms with E-state index in [9.17, 15) is 0 Å². The fraction of sp³-hybridized carbons (Fsp3) is 0.421. The summed E-state index contributed by atoms with van der Waals surface area (Å²) in [5.41, 5.74) is 2.27. The van der Waals surface area contributed by atoms with E-state index in [4.69, 9.17) is 4.74 Å². The second-order valence-corrected chi connectivity index (χ2v) is 7.00. The highest BCUT2D eigenvalue weighted by atomic mass is 16.5. The highest BCUT2D eigenvalue weighted by Crippen LogP contribution is 2.30. The Hall–Kier alpha value is -2.07. The van der Waals surface area contributed by atoms with Crippen molar-refractivity contribution in [2.24, 2.45) is 0 Å². The molecule has 1 aromatic heterocycles. The fourth-order valence-corrected chi connectivity index (χ4v) is 3.21. The van der Waals surface area contributed by atoms with Gasteiger partial charge in [-0.25, -0.2) is 4.98 Å². The van der Waals surface area contributed by atoms with Crippen molar-refractivity contribution in [3.63, 3.8) is 0 Å². The number of hydrogen-bond acceptors (Lipinski definition) is 4. The Balaban J connectivity index is 1.89. The Morgan fingerprint density at radius 1 is 1.17 bits per heavy atom. The van der Waals surface area contributed by atoms with Crippen LogP contribution in [0.4, 0.5) is 5.82 Å². The third kappa shape index (κ3) is 3.64. The monoisotopic (exact) mass is 311 g/mol. The van der Waals surface area contributed by atoms with Gasteiger partial charge >= 0.3 is 0 Å². The summed E-state index contributed by atoms with van der Waals surface area (Å²) >= 11 is 0. The van der Waals surface area contributed by atoms with E-state index in [2.05, 4.69) is 52.9 Å². The van der Waals surface area contributed by atoms with Gasteiger partial charge < -0.3 is 9.64 Å². The zero-order valence-corrected chi connectivity index (χ0v) is 14.4. The molecule has 2 aromatic rings. The van der Waals surface area contributed by atoms with Gasteiger partial charge in [0.15, 0.2) is 0 Å². The molecule has 0 saturated heterocycles. The minimum Gasteiger partial charge on any atom is -0.486 e. The second-order valence-electron chi connectivity index (χ2n) is 7.00. The predicted molar refractivity (Wildman–Crippen MR) is 93.8 cm³/mol. The maximum Gasteiger partial charge on any atom is 0.132 e. The first-order valence-corrected chi connectivity index (χ1v) is 8.05. The molecule has 0 bridgehead atoms. The number of para-hydroxylation sites is 1. The third-order valence-corrected chi connectivity index (χ3v) is 4.04. The number of hydrogen-bond donors (Lipinski definition) is 0. The zero-order valence-electron chi connectivity index (χ0n) is 14.4. The Bertz CT molecular complexity index is 682. The average Bonchev–Trinajstić information content (AvgIpc) is 2.61. The molecular formula is C19H25N3O. The molecule has 0 unspecified atom stereocenters. The van der Waals surface area contributed by atoms with Crippen LogP contribution in [-0.4, -0.2) is 36.1 Å². The number of anilines is 1. The molecule has 2 heterocycles. The van der Waals surface area contributed by atoms with Gasteiger partial charge in [0, 0.05) is 51.1 Å². The molecule has 0 spiro atoms. The largest absolute Gasteiger partial charge is 0.486 e. The van der Waals surface area contributed by atoms with Crippen molar-refractivity contribution in [1.82, 2.24) is 9.88 Å². The van der Waals surface area contributed by atoms with Crippen LogP contribution in [0.2, 0.25) is 0 Å². The van der Waals surface area contributed by atoms with Crippen molar-refractivity contribution < 1.29 is 4.74 Å². The molecule has 0 aliphatic carbocycles. The Morgan fingerprint density at radius 2 is 1.96 bits per heavy atom. The zero-order chi connectivity index (χ0) is 16.4. The summed E-state index contributed by atoms with van der Waals surface area (Å²) in [5.74, 6) is 2.03. The van der Waals surface area contributed by atoms with E-state index in [1.807, 2.05) is 32.4 Å². The van der Waals surface area contributed by atoms with Crippen LogP contribution in [0.3, 0.4) is 0 Å². The lowest BCUT2D eigenvalue weighted by molar-refractivity contribution is 0.0683. The van der Waals surface area contributed by atoms with E-state index in [-0.39, 0.29) is 5.60 Å². The molecule has 23 heavy (non-hydrogen) atoms. The SMILES string of the molecule is CN(C)c1ncccc1CN1Cc2ccccc2OC(C)(C)C1. The third-order valence-electron chi connectivity index (χ3n) is 4.04. The molecule has 0 fully saturated rings. The second kappa shape index (κ2) is 6.20. The highest BCUT2D eigenvalue weighted by molar-refractivity contribution is 5.45. The van der Waals surface area contributed by atoms with E-state index in [0.717, 1.165) is 31.2 Å². The molecule has 1 aromatic carbocycles. The van der Waals surface area contributed by atoms with Gasteiger partial charge in [-0.2, -0.15) is 0 Å². The van der Waals surface area contributed by atoms with E-state index in [0.29, 0.717) is 0 Å². The van der Waals surface area contributed by atoms with Crippen LogP contribution in [0.1, 0.15) is 25.0 Å². The minimum atomic E-state index is -0.215. The Labute approximate surface area is 138 Å². The number of nitrogens with zero attached hydrogens (tertiary/aromatic N) is 3. The molecular weight excluding hydrogens is 286 g/mol. The molecule has 0 atom stereocenters. The predicted octanol–water partition coefficient (Wildman–Crippen LogP) is 3.32. The Kier molecular flexibility index (Phi) is 4.26. The molecule has 4 heteroatoms. The van der Waals surface area contributed by atoms with Gasteiger partial charge in [0.05, 0.1) is 0 Å². The van der Waals surface area contributed by atoms with Crippen molar-refractivity contribution in [2.45, 2.75) is 32.5 Å². The summed E-state index contributed by atoms with van der Waals surface area (Å²) in [6.45, 7) is 6.93. The van der Waals surface area contributed by atoms with Crippen LogP contribution >= 0.6 is 0 Å². The van der Waals surface area contributed by atoms with Crippen LogP contribution < -0.4 is 9.64 Å².